The maximum absolute atomic E-state index is 11.6. The summed E-state index contributed by atoms with van der Waals surface area (Å²) in [5.41, 5.74) is 0.279. The summed E-state index contributed by atoms with van der Waals surface area (Å²) in [6, 6.07) is 0. The van der Waals surface area contributed by atoms with Gasteiger partial charge in [0.2, 0.25) is 7.85 Å². The molecule has 2 aliphatic rings. The molecule has 2 fully saturated rings. The molecule has 0 radical (unpaired) electrons. The number of methoxy groups -OCH3 is 2. The van der Waals surface area contributed by atoms with E-state index in [9.17, 15) is 9.90 Å². The summed E-state index contributed by atoms with van der Waals surface area (Å²) < 4.78 is 11.5. The van der Waals surface area contributed by atoms with E-state index < -0.39 is 5.97 Å². The minimum absolute atomic E-state index is 0.279. The van der Waals surface area contributed by atoms with Gasteiger partial charge in [-0.05, 0) is 32.1 Å². The highest BCUT2D eigenvalue weighted by Gasteiger charge is 2.63. The van der Waals surface area contributed by atoms with Crippen molar-refractivity contribution in [3.8, 4) is 0 Å². The third-order valence-electron chi connectivity index (χ3n) is 3.74. The molecule has 3 unspecified atom stereocenters. The van der Waals surface area contributed by atoms with Crippen LogP contribution in [0.2, 0.25) is 0 Å². The predicted molar refractivity (Wildman–Crippen MR) is 62.8 cm³/mol. The monoisotopic (exact) mass is 367 g/mol. The Balaban J connectivity index is 1.91. The summed E-state index contributed by atoms with van der Waals surface area (Å²) in [6.07, 6.45) is 5.57. The number of esters is 1. The Hall–Kier alpha value is -0.460. The average Bonchev–Trinajstić information content (AvgIpc) is 3.18. The first-order valence-corrected chi connectivity index (χ1v) is 8.83. The van der Waals surface area contributed by atoms with Gasteiger partial charge in [0, 0.05) is 5.92 Å². The summed E-state index contributed by atoms with van der Waals surface area (Å²) in [5, 5.41) is 9.59. The maximum Gasteiger partial charge on any atom is 0.340 e. The number of hydrogen-bond acceptors (Lipinski definition) is 4. The number of carbonyl (C=O) groups is 1. The molecule has 1 saturated heterocycles. The first-order valence-electron chi connectivity index (χ1n) is 6.33. The fraction of sp³-hybridized carbons (Fsp3) is 0.769. The second-order valence-electron chi connectivity index (χ2n) is 4.80. The molecule has 18 heavy (non-hydrogen) atoms. The van der Waals surface area contributed by atoms with Crippen LogP contribution in [0.3, 0.4) is 0 Å². The van der Waals surface area contributed by atoms with E-state index in [1.165, 1.54) is 33.5 Å². The Kier molecular flexibility index (Phi) is 4.75. The van der Waals surface area contributed by atoms with Gasteiger partial charge in [0.1, 0.15) is 5.57 Å². The van der Waals surface area contributed by atoms with Gasteiger partial charge in [-0.25, -0.2) is 4.79 Å². The quantitative estimate of drug-likeness (QED) is 0.223. The third kappa shape index (κ3) is 3.10. The van der Waals surface area contributed by atoms with Gasteiger partial charge in [-0.2, -0.15) is 0 Å². The average molecular weight is 367 g/mol. The van der Waals surface area contributed by atoms with Crippen molar-refractivity contribution >= 4 is 5.97 Å². The van der Waals surface area contributed by atoms with Crippen molar-refractivity contribution in [2.45, 2.75) is 40.0 Å². The van der Waals surface area contributed by atoms with Crippen molar-refractivity contribution in [3.05, 3.63) is 11.5 Å². The largest absolute Gasteiger partial charge is 0.481 e. The number of fused-ring (bicyclic) bond motifs is 1. The summed E-state index contributed by atoms with van der Waals surface area (Å²) >= 11 is 0.433. The molecule has 0 spiro atoms. The number of halogens is 1. The molecule has 1 heterocycles. The Labute approximate surface area is 118 Å². The van der Waals surface area contributed by atoms with Crippen LogP contribution in [-0.2, 0) is 14.3 Å². The molecule has 0 amide bonds. The van der Waals surface area contributed by atoms with Gasteiger partial charge in [-0.15, -0.1) is 0 Å². The van der Waals surface area contributed by atoms with Crippen LogP contribution in [0.1, 0.15) is 32.1 Å². The summed E-state index contributed by atoms with van der Waals surface area (Å²) in [6.45, 7) is 0. The SMILES string of the molecule is COC(=O)/C(CCC1CCCC2[I+]C12)=C(\O)OC. The first kappa shape index (κ1) is 14.0. The van der Waals surface area contributed by atoms with E-state index >= 15 is 0 Å². The Morgan fingerprint density at radius 1 is 1.33 bits per heavy atom. The molecule has 0 bridgehead atoms. The molecular formula is C13H20IO4+. The van der Waals surface area contributed by atoms with Crippen molar-refractivity contribution in [2.75, 3.05) is 14.2 Å². The zero-order valence-corrected chi connectivity index (χ0v) is 13.0. The number of carbonyl (C=O) groups excluding carboxylic acids is 1. The van der Waals surface area contributed by atoms with Crippen LogP contribution < -0.4 is 21.2 Å². The first-order chi connectivity index (χ1) is 8.67. The zero-order valence-electron chi connectivity index (χ0n) is 10.8. The lowest BCUT2D eigenvalue weighted by atomic mass is 9.85. The van der Waals surface area contributed by atoms with E-state index in [1.54, 1.807) is 0 Å². The number of rotatable bonds is 5. The highest BCUT2D eigenvalue weighted by Crippen LogP contribution is 2.29. The second-order valence-corrected chi connectivity index (χ2v) is 8.55. The number of hydrogen-bond donors (Lipinski definition) is 1. The molecular weight excluding hydrogens is 347 g/mol. The van der Waals surface area contributed by atoms with E-state index in [2.05, 4.69) is 4.74 Å². The van der Waals surface area contributed by atoms with Gasteiger partial charge < -0.3 is 14.6 Å². The van der Waals surface area contributed by atoms with Crippen molar-refractivity contribution in [1.29, 1.82) is 0 Å². The van der Waals surface area contributed by atoms with Gasteiger partial charge >= 0.3 is 5.97 Å². The molecule has 4 nitrogen and oxygen atoms in total. The fourth-order valence-corrected chi connectivity index (χ4v) is 6.56. The summed E-state index contributed by atoms with van der Waals surface area (Å²) in [5.74, 6) is -0.0206. The molecule has 1 N–H and O–H groups in total. The van der Waals surface area contributed by atoms with Crippen LogP contribution >= 0.6 is 0 Å². The van der Waals surface area contributed by atoms with Crippen molar-refractivity contribution in [1.82, 2.24) is 0 Å². The number of aliphatic hydroxyl groups is 1. The van der Waals surface area contributed by atoms with Gasteiger partial charge in [0.05, 0.1) is 14.2 Å². The van der Waals surface area contributed by atoms with Crippen LogP contribution in [0.4, 0.5) is 0 Å². The van der Waals surface area contributed by atoms with Crippen molar-refractivity contribution < 1.29 is 40.6 Å². The lowest BCUT2D eigenvalue weighted by Gasteiger charge is -2.15. The Bertz CT molecular complexity index is 353. The predicted octanol–water partition coefficient (Wildman–Crippen LogP) is -1.00. The lowest BCUT2D eigenvalue weighted by Crippen LogP contribution is -3.50. The van der Waals surface area contributed by atoms with Crippen LogP contribution in [0.25, 0.3) is 0 Å². The van der Waals surface area contributed by atoms with Crippen LogP contribution in [0, 0.1) is 5.92 Å². The highest BCUT2D eigenvalue weighted by molar-refractivity contribution is 5.88. The molecule has 2 rings (SSSR count). The number of aliphatic hydroxyl groups excluding tert-OH is 1. The van der Waals surface area contributed by atoms with E-state index in [1.807, 2.05) is 0 Å². The molecule has 0 aromatic rings. The third-order valence-corrected chi connectivity index (χ3v) is 7.95. The highest BCUT2D eigenvalue weighted by atomic mass is 127. The standard InChI is InChI=1S/C13H19IO4/c1-17-12(15)9(13(16)18-2)7-6-8-4-3-5-10-11(8)14-10/h8,10-11H,3-7H2,1-2H3/p+1. The van der Waals surface area contributed by atoms with E-state index in [0.717, 1.165) is 20.2 Å². The Morgan fingerprint density at radius 2 is 2.11 bits per heavy atom. The van der Waals surface area contributed by atoms with Crippen molar-refractivity contribution in [3.63, 3.8) is 0 Å². The molecule has 0 aromatic carbocycles. The molecule has 1 aliphatic carbocycles. The van der Waals surface area contributed by atoms with Crippen LogP contribution in [-0.4, -0.2) is 33.1 Å². The van der Waals surface area contributed by atoms with Crippen LogP contribution in [0.15, 0.2) is 11.5 Å². The number of ether oxygens (including phenoxy) is 2. The second kappa shape index (κ2) is 6.12. The van der Waals surface area contributed by atoms with Crippen LogP contribution in [0.5, 0.6) is 0 Å². The van der Waals surface area contributed by atoms with Gasteiger partial charge in [-0.1, -0.05) is 0 Å². The molecule has 5 heteroatoms. The molecule has 3 atom stereocenters. The number of alkyl halides is 2. The van der Waals surface area contributed by atoms with Gasteiger partial charge in [0.25, 0.3) is 27.2 Å². The summed E-state index contributed by atoms with van der Waals surface area (Å²) in [4.78, 5) is 11.6. The minimum Gasteiger partial charge on any atom is -0.481 e. The normalized spacial score (nSPS) is 31.1. The minimum atomic E-state index is -0.479. The van der Waals surface area contributed by atoms with E-state index in [-0.39, 0.29) is 11.5 Å². The lowest BCUT2D eigenvalue weighted by molar-refractivity contribution is -0.519. The topological polar surface area (TPSA) is 55.8 Å². The molecule has 1 aliphatic heterocycles. The maximum atomic E-state index is 11.6. The zero-order chi connectivity index (χ0) is 13.1. The smallest absolute Gasteiger partial charge is 0.340 e. The van der Waals surface area contributed by atoms with Crippen molar-refractivity contribution in [2.24, 2.45) is 5.92 Å². The van der Waals surface area contributed by atoms with Gasteiger partial charge in [0.15, 0.2) is 0 Å². The summed E-state index contributed by atoms with van der Waals surface area (Å²) in [7, 11) is 2.69. The van der Waals surface area contributed by atoms with E-state index in [0.29, 0.717) is 27.6 Å². The Morgan fingerprint density at radius 3 is 2.78 bits per heavy atom. The molecule has 102 valence electrons. The van der Waals surface area contributed by atoms with E-state index in [4.69, 9.17) is 4.74 Å². The molecule has 0 aromatic heterocycles. The molecule has 1 saturated carbocycles. The fourth-order valence-electron chi connectivity index (χ4n) is 2.68. The van der Waals surface area contributed by atoms with Gasteiger partial charge in [-0.3, -0.25) is 0 Å².